The van der Waals surface area contributed by atoms with E-state index in [1.807, 2.05) is 0 Å². The number of aliphatic hydroxyl groups is 6. The van der Waals surface area contributed by atoms with E-state index >= 15 is 0 Å². The molecule has 0 heterocycles. The van der Waals surface area contributed by atoms with Crippen molar-refractivity contribution in [3.8, 4) is 0 Å². The van der Waals surface area contributed by atoms with Crippen molar-refractivity contribution < 1.29 is 87.3 Å². The molecule has 0 bridgehead atoms. The number of nitrogens with zero attached hydrogens (tertiary/aromatic N) is 1. The van der Waals surface area contributed by atoms with Crippen molar-refractivity contribution in [1.29, 1.82) is 0 Å². The molecule has 0 saturated heterocycles. The van der Waals surface area contributed by atoms with E-state index in [2.05, 4.69) is 36.8 Å². The average molecular weight is 1080 g/mol. The van der Waals surface area contributed by atoms with Gasteiger partial charge in [0.2, 0.25) is 0 Å². The summed E-state index contributed by atoms with van der Waals surface area (Å²) in [6.45, 7) is -1.12. The normalized spacial score (nSPS) is 14.4. The van der Waals surface area contributed by atoms with Crippen LogP contribution >= 0.6 is 0 Å². The Morgan fingerprint density at radius 3 is 1.12 bits per heavy atom. The van der Waals surface area contributed by atoms with Gasteiger partial charge in [-0.05, 0) is 38.6 Å². The number of rotatable bonds is 50. The summed E-state index contributed by atoms with van der Waals surface area (Å²) in [4.78, 5) is 0. The van der Waals surface area contributed by atoms with Crippen LogP contribution in [0.5, 0.6) is 0 Å². The summed E-state index contributed by atoms with van der Waals surface area (Å²) in [6, 6.07) is -0.0226. The van der Waals surface area contributed by atoms with Crippen molar-refractivity contribution in [3.63, 3.8) is 0 Å². The third-order valence-electron chi connectivity index (χ3n) is 12.6. The lowest BCUT2D eigenvalue weighted by Gasteiger charge is -2.41. The molecule has 0 spiro atoms. The van der Waals surface area contributed by atoms with Crippen molar-refractivity contribution in [2.24, 2.45) is 0 Å². The first kappa shape index (κ1) is 68.4. The first-order valence-corrected chi connectivity index (χ1v) is 31.7. The maximum atomic E-state index is 11.6. The highest BCUT2D eigenvalue weighted by atomic mass is 32.2. The third-order valence-corrected chi connectivity index (χ3v) is 17.5. The van der Waals surface area contributed by atoms with Crippen molar-refractivity contribution in [2.45, 2.75) is 152 Å². The molecule has 0 amide bonds. The van der Waals surface area contributed by atoms with Crippen molar-refractivity contribution in [2.75, 3.05) is 123 Å². The van der Waals surface area contributed by atoms with Crippen molar-refractivity contribution >= 4 is 39.2 Å². The Morgan fingerprint density at radius 2 is 0.783 bits per heavy atom. The number of hydrogen-bond donors (Lipinski definition) is 11. The largest absolute Gasteiger partial charge is 0.748 e. The van der Waals surface area contributed by atoms with E-state index < -0.39 is 146 Å². The fourth-order valence-corrected chi connectivity index (χ4v) is 11.7. The van der Waals surface area contributed by atoms with Crippen LogP contribution in [0.25, 0.3) is 0 Å². The molecule has 22 nitrogen and oxygen atoms in total. The van der Waals surface area contributed by atoms with Gasteiger partial charge in [0.1, 0.15) is 0 Å². The molecule has 0 radical (unpaired) electrons. The minimum Gasteiger partial charge on any atom is -0.748 e. The summed E-state index contributed by atoms with van der Waals surface area (Å²) >= 11 is 0. The molecule has 11 N–H and O–H groups in total. The molecule has 0 aliphatic heterocycles. The second kappa shape index (κ2) is 36.4. The van der Waals surface area contributed by atoms with Crippen LogP contribution in [-0.4, -0.2) is 222 Å². The fraction of sp³-hybridized carbons (Fsp3) is 1.00. The minimum absolute atomic E-state index is 0.0226. The molecule has 69 heavy (non-hydrogen) atoms. The maximum absolute atomic E-state index is 11.6. The molecule has 0 aromatic heterocycles. The first-order chi connectivity index (χ1) is 32.4. The molecule has 1 atom stereocenters. The Morgan fingerprint density at radius 1 is 0.464 bits per heavy atom. The Balaban J connectivity index is 7.21. The lowest BCUT2D eigenvalue weighted by Crippen LogP contribution is -2.64. The maximum Gasteiger partial charge on any atom is 0.501 e. The van der Waals surface area contributed by atoms with E-state index in [1.54, 1.807) is 0 Å². The number of quaternary nitrogens is 1. The Kier molecular flexibility index (Phi) is 36.1. The fourth-order valence-electron chi connectivity index (χ4n) is 7.76. The monoisotopic (exact) mass is 1080 g/mol. The number of aliphatic hydroxyl groups excluding tert-OH is 6. The highest BCUT2D eigenvalue weighted by Gasteiger charge is 2.48. The standard InChI is InChI=1S/C43H94N4O18S3Si/c1-4-6-8-10-12-14-16-18-25-47(3,26-19-17-15-13-11-9-7-5-2)27-21-31-69(64-39-42(34-50,35-51)45-23-29-67(57,58)59,65-40-43(36-52,37-53)46-24-30-68(60,61)62)63-38-41(32-48,33-49)44-22-20-28-66(54,55)56/h44-46,48-53H,4-40H2,1-3H3,(H2-,54,55,56,57,58,59,60,61,62). The SMILES string of the molecule is CCCCCCCCCC[N+](C)(CCCCCCCCCC)CCC[Si](OCC(CO)(CO)NCCCS(=O)(=O)O)(OCC(CO)(CO)NCCS(=O)(=O)[O-])OCC(CO)(CO)NCCS(=O)(=O)O. The van der Waals surface area contributed by atoms with E-state index in [0.29, 0.717) is 17.4 Å². The van der Waals surface area contributed by atoms with Crippen LogP contribution in [0.15, 0.2) is 0 Å². The smallest absolute Gasteiger partial charge is 0.501 e. The van der Waals surface area contributed by atoms with E-state index in [0.717, 1.165) is 51.6 Å². The first-order valence-electron chi connectivity index (χ1n) is 24.9. The number of unbranched alkanes of at least 4 members (excludes halogenated alkanes) is 14. The van der Waals surface area contributed by atoms with Crippen LogP contribution in [0.1, 0.15) is 129 Å². The summed E-state index contributed by atoms with van der Waals surface area (Å²) in [6.07, 6.45) is 18.5. The van der Waals surface area contributed by atoms with Crippen molar-refractivity contribution in [3.05, 3.63) is 0 Å². The predicted octanol–water partition coefficient (Wildman–Crippen LogP) is 0.743. The highest BCUT2D eigenvalue weighted by Crippen LogP contribution is 2.26. The molecule has 0 aliphatic carbocycles. The summed E-state index contributed by atoms with van der Waals surface area (Å²) in [7, 11) is -15.8. The Bertz CT molecular complexity index is 1550. The zero-order valence-corrected chi connectivity index (χ0v) is 45.4. The van der Waals surface area contributed by atoms with Gasteiger partial charge in [0.25, 0.3) is 20.2 Å². The number of hydrogen-bond acceptors (Lipinski definition) is 19. The summed E-state index contributed by atoms with van der Waals surface area (Å²) in [5.74, 6) is -2.33. The molecule has 0 aliphatic rings. The molecule has 0 aromatic rings. The van der Waals surface area contributed by atoms with Crippen molar-refractivity contribution in [1.82, 2.24) is 16.0 Å². The topological polar surface area (TPSA) is 351 Å². The Hall–Kier alpha value is -0.573. The van der Waals surface area contributed by atoms with Gasteiger partial charge in [0, 0.05) is 25.6 Å². The highest BCUT2D eigenvalue weighted by molar-refractivity contribution is 7.86. The molecule has 0 aromatic carbocycles. The second-order valence-electron chi connectivity index (χ2n) is 19.2. The van der Waals surface area contributed by atoms with Gasteiger partial charge in [-0.3, -0.25) is 9.11 Å². The molecular weight excluding hydrogens is 985 g/mol. The van der Waals surface area contributed by atoms with Crippen LogP contribution in [0.3, 0.4) is 0 Å². The second-order valence-corrected chi connectivity index (χ2v) is 26.5. The van der Waals surface area contributed by atoms with Crippen LogP contribution in [0, 0.1) is 0 Å². The summed E-state index contributed by atoms with van der Waals surface area (Å²) in [5.41, 5.74) is -5.27. The van der Waals surface area contributed by atoms with Gasteiger partial charge in [-0.25, -0.2) is 8.42 Å². The minimum atomic E-state index is -4.73. The molecule has 0 rings (SSSR count). The van der Waals surface area contributed by atoms with Gasteiger partial charge in [-0.2, -0.15) is 16.8 Å². The van der Waals surface area contributed by atoms with Crippen LogP contribution < -0.4 is 16.0 Å². The van der Waals surface area contributed by atoms with Gasteiger partial charge in [0.05, 0.1) is 130 Å². The van der Waals surface area contributed by atoms with E-state index in [-0.39, 0.29) is 19.0 Å². The molecule has 0 saturated carbocycles. The third kappa shape index (κ3) is 33.1. The van der Waals surface area contributed by atoms with E-state index in [9.17, 15) is 69.6 Å². The van der Waals surface area contributed by atoms with Crippen LogP contribution in [0.4, 0.5) is 0 Å². The molecular formula is C43H94N4O18S3Si. The van der Waals surface area contributed by atoms with E-state index in [4.69, 9.17) is 13.3 Å². The Labute approximate surface area is 415 Å². The van der Waals surface area contributed by atoms with Gasteiger partial charge in [-0.1, -0.05) is 90.9 Å². The lowest BCUT2D eigenvalue weighted by molar-refractivity contribution is -0.910. The zero-order chi connectivity index (χ0) is 52.4. The van der Waals surface area contributed by atoms with Gasteiger partial charge >= 0.3 is 8.80 Å². The van der Waals surface area contributed by atoms with Crippen LogP contribution in [-0.2, 0) is 43.6 Å². The van der Waals surface area contributed by atoms with Gasteiger partial charge in [-0.15, -0.1) is 0 Å². The van der Waals surface area contributed by atoms with Gasteiger partial charge < -0.3 is 68.9 Å². The average Bonchev–Trinajstić information content (AvgIpc) is 3.29. The molecule has 0 fully saturated rings. The summed E-state index contributed by atoms with van der Waals surface area (Å²) in [5, 5.41) is 71.8. The summed E-state index contributed by atoms with van der Waals surface area (Å²) < 4.78 is 119. The van der Waals surface area contributed by atoms with Crippen LogP contribution in [0.2, 0.25) is 6.04 Å². The quantitative estimate of drug-likeness (QED) is 0.0173. The van der Waals surface area contributed by atoms with E-state index in [1.165, 1.54) is 64.2 Å². The number of nitrogens with one attached hydrogen (secondary N) is 3. The molecule has 26 heteroatoms. The zero-order valence-electron chi connectivity index (χ0n) is 42.0. The molecule has 1 unspecified atom stereocenters. The molecule has 416 valence electrons. The lowest BCUT2D eigenvalue weighted by atomic mass is 10.0. The predicted molar refractivity (Wildman–Crippen MR) is 266 cm³/mol. The van der Waals surface area contributed by atoms with Gasteiger partial charge in [0.15, 0.2) is 0 Å².